The van der Waals surface area contributed by atoms with E-state index in [-0.39, 0.29) is 23.2 Å². The number of nitrogens with zero attached hydrogens (tertiary/aromatic N) is 1. The van der Waals surface area contributed by atoms with E-state index in [1.54, 1.807) is 0 Å². The molecule has 0 heterocycles. The van der Waals surface area contributed by atoms with Gasteiger partial charge in [-0.2, -0.15) is 0 Å². The molecule has 0 spiro atoms. The average molecular weight is 429 g/mol. The number of sulfonamides is 1. The number of rotatable bonds is 8. The van der Waals surface area contributed by atoms with Gasteiger partial charge in [0.15, 0.2) is 5.60 Å². The Morgan fingerprint density at radius 1 is 1.34 bits per heavy atom. The Hall–Kier alpha value is -2.24. The molecule has 0 saturated heterocycles. The number of ether oxygens (including phenoxy) is 1. The Balaban J connectivity index is 2.20. The number of nitro benzene ring substituents is 1. The molecule has 1 fully saturated rings. The zero-order valence-electron chi connectivity index (χ0n) is 16.7. The first kappa shape index (κ1) is 23.0. The number of carbonyl (C=O) groups excluding carboxylic acids is 1. The van der Waals surface area contributed by atoms with Crippen LogP contribution in [0, 0.1) is 16.0 Å². The van der Waals surface area contributed by atoms with E-state index < -0.39 is 32.2 Å². The second kappa shape index (κ2) is 9.06. The van der Waals surface area contributed by atoms with Crippen molar-refractivity contribution in [2.75, 3.05) is 19.0 Å². The van der Waals surface area contributed by atoms with E-state index in [2.05, 4.69) is 21.7 Å². The van der Waals surface area contributed by atoms with Crippen LogP contribution in [0.1, 0.15) is 39.5 Å². The van der Waals surface area contributed by atoms with Gasteiger partial charge in [0, 0.05) is 12.1 Å². The summed E-state index contributed by atoms with van der Waals surface area (Å²) in [6.45, 7) is 2.97. The van der Waals surface area contributed by atoms with Crippen molar-refractivity contribution in [1.29, 1.82) is 0 Å². The molecule has 0 radical (unpaired) electrons. The fraction of sp³-hybridized carbons (Fsp3) is 0.611. The van der Waals surface area contributed by atoms with E-state index in [1.165, 1.54) is 19.1 Å². The number of hydrogen-bond acceptors (Lipinski definition) is 8. The van der Waals surface area contributed by atoms with E-state index in [1.807, 2.05) is 0 Å². The Morgan fingerprint density at radius 3 is 2.52 bits per heavy atom. The van der Waals surface area contributed by atoms with Crippen molar-refractivity contribution < 1.29 is 28.0 Å². The first-order valence-corrected chi connectivity index (χ1v) is 10.8. The van der Waals surface area contributed by atoms with Gasteiger partial charge in [-0.1, -0.05) is 6.92 Å². The maximum Gasteiger partial charge on any atom is 0.339 e. The van der Waals surface area contributed by atoms with Crippen LogP contribution < -0.4 is 10.0 Å². The lowest BCUT2D eigenvalue weighted by molar-refractivity contribution is -0.384. The second-order valence-corrected chi connectivity index (χ2v) is 9.35. The average Bonchev–Trinajstić information content (AvgIpc) is 2.67. The molecule has 1 aromatic rings. The molecule has 162 valence electrons. The van der Waals surface area contributed by atoms with Crippen LogP contribution in [0.5, 0.6) is 0 Å². The zero-order chi connectivity index (χ0) is 21.8. The number of methoxy groups -OCH3 is 1. The highest BCUT2D eigenvalue weighted by Crippen LogP contribution is 2.29. The predicted molar refractivity (Wildman–Crippen MR) is 106 cm³/mol. The van der Waals surface area contributed by atoms with Crippen molar-refractivity contribution in [2.24, 2.45) is 5.92 Å². The van der Waals surface area contributed by atoms with Crippen LogP contribution in [-0.4, -0.2) is 49.7 Å². The van der Waals surface area contributed by atoms with Crippen molar-refractivity contribution >= 4 is 27.4 Å². The number of carbonyl (C=O) groups is 1. The van der Waals surface area contributed by atoms with Crippen LogP contribution in [0.2, 0.25) is 0 Å². The topological polar surface area (TPSA) is 148 Å². The van der Waals surface area contributed by atoms with Gasteiger partial charge in [0.2, 0.25) is 10.0 Å². The number of esters is 1. The van der Waals surface area contributed by atoms with Crippen LogP contribution in [0.4, 0.5) is 11.4 Å². The molecular weight excluding hydrogens is 402 g/mol. The molecule has 1 atom stereocenters. The highest BCUT2D eigenvalue weighted by molar-refractivity contribution is 7.89. The van der Waals surface area contributed by atoms with E-state index in [0.29, 0.717) is 5.92 Å². The van der Waals surface area contributed by atoms with Gasteiger partial charge in [-0.25, -0.2) is 17.9 Å². The largest absolute Gasteiger partial charge is 0.467 e. The number of aliphatic hydroxyl groups is 1. The summed E-state index contributed by atoms with van der Waals surface area (Å²) in [5.74, 6) is -0.345. The lowest BCUT2D eigenvalue weighted by Crippen LogP contribution is -2.42. The van der Waals surface area contributed by atoms with E-state index in [0.717, 1.165) is 38.9 Å². The molecule has 2 rings (SSSR count). The standard InChI is InChI=1S/C18H27N3O7S/c1-12-4-6-13(7-5-12)20-29(26,27)14-8-9-15(16(10-14)21(24)25)19-11-18(2,23)17(22)28-3/h8-10,12-13,19-20,23H,4-7,11H2,1-3H3/t12?,13?,18-/m0/s1. The molecular formula is C18H27N3O7S. The van der Waals surface area contributed by atoms with Crippen LogP contribution >= 0.6 is 0 Å². The van der Waals surface area contributed by atoms with Crippen LogP contribution in [0.25, 0.3) is 0 Å². The van der Waals surface area contributed by atoms with Crippen molar-refractivity contribution in [2.45, 2.75) is 56.1 Å². The molecule has 1 aliphatic rings. The van der Waals surface area contributed by atoms with Gasteiger partial charge in [-0.3, -0.25) is 10.1 Å². The molecule has 0 aliphatic heterocycles. The number of benzene rings is 1. The van der Waals surface area contributed by atoms with Gasteiger partial charge in [-0.15, -0.1) is 0 Å². The highest BCUT2D eigenvalue weighted by atomic mass is 32.2. The molecule has 0 unspecified atom stereocenters. The van der Waals surface area contributed by atoms with Gasteiger partial charge < -0.3 is 15.2 Å². The van der Waals surface area contributed by atoms with E-state index >= 15 is 0 Å². The molecule has 1 saturated carbocycles. The molecule has 10 nitrogen and oxygen atoms in total. The molecule has 11 heteroatoms. The van der Waals surface area contributed by atoms with Crippen LogP contribution in [-0.2, 0) is 19.6 Å². The third-order valence-corrected chi connectivity index (χ3v) is 6.58. The first-order chi connectivity index (χ1) is 13.5. The van der Waals surface area contributed by atoms with E-state index in [4.69, 9.17) is 0 Å². The number of nitro groups is 1. The SMILES string of the molecule is COC(=O)[C@@](C)(O)CNc1ccc(S(=O)(=O)NC2CCC(C)CC2)cc1[N+](=O)[O-]. The quantitative estimate of drug-likeness (QED) is 0.322. The Kier molecular flexibility index (Phi) is 7.20. The van der Waals surface area contributed by atoms with Crippen LogP contribution in [0.15, 0.2) is 23.1 Å². The number of anilines is 1. The monoisotopic (exact) mass is 429 g/mol. The fourth-order valence-electron chi connectivity index (χ4n) is 3.20. The van der Waals surface area contributed by atoms with Crippen molar-refractivity contribution in [3.05, 3.63) is 28.3 Å². The predicted octanol–water partition coefficient (Wildman–Crippen LogP) is 1.79. The minimum atomic E-state index is -3.92. The van der Waals surface area contributed by atoms with Gasteiger partial charge in [0.05, 0.1) is 23.5 Å². The minimum Gasteiger partial charge on any atom is -0.467 e. The summed E-state index contributed by atoms with van der Waals surface area (Å²) in [6, 6.07) is 3.25. The van der Waals surface area contributed by atoms with Crippen molar-refractivity contribution in [1.82, 2.24) is 4.72 Å². The maximum absolute atomic E-state index is 12.7. The summed E-state index contributed by atoms with van der Waals surface area (Å²) < 4.78 is 32.4. The smallest absolute Gasteiger partial charge is 0.339 e. The maximum atomic E-state index is 12.7. The summed E-state index contributed by atoms with van der Waals surface area (Å²) in [6.07, 6.45) is 3.31. The normalized spacial score (nSPS) is 21.8. The molecule has 0 bridgehead atoms. The molecule has 29 heavy (non-hydrogen) atoms. The molecule has 1 aromatic carbocycles. The van der Waals surface area contributed by atoms with Crippen molar-refractivity contribution in [3.8, 4) is 0 Å². The van der Waals surface area contributed by atoms with Gasteiger partial charge in [0.25, 0.3) is 5.69 Å². The number of hydrogen-bond donors (Lipinski definition) is 3. The highest BCUT2D eigenvalue weighted by Gasteiger charge is 2.32. The summed E-state index contributed by atoms with van der Waals surface area (Å²) in [7, 11) is -2.81. The van der Waals surface area contributed by atoms with Crippen molar-refractivity contribution in [3.63, 3.8) is 0 Å². The zero-order valence-corrected chi connectivity index (χ0v) is 17.5. The van der Waals surface area contributed by atoms with E-state index in [9.17, 15) is 28.4 Å². The summed E-state index contributed by atoms with van der Waals surface area (Å²) in [5.41, 5.74) is -2.41. The Bertz CT molecular complexity index is 862. The van der Waals surface area contributed by atoms with Crippen LogP contribution in [0.3, 0.4) is 0 Å². The fourth-order valence-corrected chi connectivity index (χ4v) is 4.53. The Morgan fingerprint density at radius 2 is 1.97 bits per heavy atom. The molecule has 0 amide bonds. The summed E-state index contributed by atoms with van der Waals surface area (Å²) >= 11 is 0. The second-order valence-electron chi connectivity index (χ2n) is 7.63. The summed E-state index contributed by atoms with van der Waals surface area (Å²) in [5, 5.41) is 24.1. The minimum absolute atomic E-state index is 0.0235. The molecule has 0 aromatic heterocycles. The third-order valence-electron chi connectivity index (χ3n) is 5.06. The Labute approximate surface area is 169 Å². The van der Waals surface area contributed by atoms with Gasteiger partial charge in [0.1, 0.15) is 5.69 Å². The summed E-state index contributed by atoms with van der Waals surface area (Å²) in [4.78, 5) is 22.0. The molecule has 3 N–H and O–H groups in total. The third kappa shape index (κ3) is 5.87. The lowest BCUT2D eigenvalue weighted by Gasteiger charge is -2.26. The first-order valence-electron chi connectivity index (χ1n) is 9.31. The van der Waals surface area contributed by atoms with Gasteiger partial charge >= 0.3 is 5.97 Å². The lowest BCUT2D eigenvalue weighted by atomic mass is 9.88. The van der Waals surface area contributed by atoms with Gasteiger partial charge in [-0.05, 0) is 50.7 Å². The molecule has 1 aliphatic carbocycles. The number of nitrogens with one attached hydrogen (secondary N) is 2.